The molecule has 0 aliphatic heterocycles. The molecule has 5 nitrogen and oxygen atoms in total. The van der Waals surface area contributed by atoms with Crippen LogP contribution in [0.25, 0.3) is 0 Å². The SMILES string of the molecule is CC(C)(C)OC(=O)C(C(=O)O)C(N)c1cccc(Cl)c1Cl. The predicted octanol–water partition coefficient (Wildman–Crippen LogP) is 3.04. The fraction of sp³-hybridized carbons (Fsp3) is 0.429. The molecule has 0 radical (unpaired) electrons. The molecule has 0 aromatic heterocycles. The van der Waals surface area contributed by atoms with Gasteiger partial charge in [-0.15, -0.1) is 0 Å². The predicted molar refractivity (Wildman–Crippen MR) is 80.4 cm³/mol. The Hall–Kier alpha value is -1.30. The van der Waals surface area contributed by atoms with Crippen LogP contribution in [0.5, 0.6) is 0 Å². The molecule has 0 aliphatic rings. The van der Waals surface area contributed by atoms with Crippen LogP contribution in [0.4, 0.5) is 0 Å². The Balaban J connectivity index is 3.14. The van der Waals surface area contributed by atoms with Crippen molar-refractivity contribution in [1.29, 1.82) is 0 Å². The van der Waals surface area contributed by atoms with Crippen molar-refractivity contribution in [2.45, 2.75) is 32.4 Å². The summed E-state index contributed by atoms with van der Waals surface area (Å²) in [5.74, 6) is -3.87. The molecule has 0 aliphatic carbocycles. The van der Waals surface area contributed by atoms with Crippen LogP contribution in [0.15, 0.2) is 18.2 Å². The lowest BCUT2D eigenvalue weighted by atomic mass is 9.93. The number of hydrogen-bond donors (Lipinski definition) is 2. The summed E-state index contributed by atoms with van der Waals surface area (Å²) in [5.41, 5.74) is 5.37. The molecule has 0 amide bonds. The van der Waals surface area contributed by atoms with Crippen LogP contribution in [0, 0.1) is 5.92 Å². The molecule has 1 aromatic carbocycles. The molecule has 1 aromatic rings. The van der Waals surface area contributed by atoms with Crippen molar-refractivity contribution < 1.29 is 19.4 Å². The molecule has 0 fully saturated rings. The Labute approximate surface area is 133 Å². The van der Waals surface area contributed by atoms with Crippen LogP contribution in [-0.2, 0) is 14.3 Å². The van der Waals surface area contributed by atoms with Gasteiger partial charge in [-0.25, -0.2) is 0 Å². The van der Waals surface area contributed by atoms with E-state index in [0.29, 0.717) is 0 Å². The van der Waals surface area contributed by atoms with E-state index < -0.39 is 29.5 Å². The molecule has 0 heterocycles. The zero-order valence-corrected chi connectivity index (χ0v) is 13.4. The molecular formula is C14H17Cl2NO4. The molecule has 0 spiro atoms. The third kappa shape index (κ3) is 4.59. The largest absolute Gasteiger partial charge is 0.481 e. The van der Waals surface area contributed by atoms with Gasteiger partial charge in [0.15, 0.2) is 5.92 Å². The Morgan fingerprint density at radius 2 is 1.86 bits per heavy atom. The standard InChI is InChI=1S/C14H17Cl2NO4/c1-14(2,3)21-13(20)9(12(18)19)11(17)7-5-4-6-8(15)10(7)16/h4-6,9,11H,17H2,1-3H3,(H,18,19). The minimum Gasteiger partial charge on any atom is -0.481 e. The van der Waals surface area contributed by atoms with Crippen LogP contribution in [0.3, 0.4) is 0 Å². The number of aliphatic carboxylic acids is 1. The zero-order valence-electron chi connectivity index (χ0n) is 11.9. The summed E-state index contributed by atoms with van der Waals surface area (Å²) in [7, 11) is 0. The Morgan fingerprint density at radius 3 is 2.33 bits per heavy atom. The number of rotatable bonds is 4. The highest BCUT2D eigenvalue weighted by molar-refractivity contribution is 6.42. The zero-order chi connectivity index (χ0) is 16.4. The number of carboxylic acids is 1. The van der Waals surface area contributed by atoms with E-state index in [1.807, 2.05) is 0 Å². The number of benzene rings is 1. The summed E-state index contributed by atoms with van der Waals surface area (Å²) in [6.45, 7) is 4.92. The molecule has 0 bridgehead atoms. The third-order valence-corrected chi connectivity index (χ3v) is 3.46. The molecule has 2 atom stereocenters. The summed E-state index contributed by atoms with van der Waals surface area (Å²) in [6.07, 6.45) is 0. The first-order valence-electron chi connectivity index (χ1n) is 6.19. The number of halogens is 2. The second-order valence-corrected chi connectivity index (χ2v) is 6.30. The maximum Gasteiger partial charge on any atom is 0.322 e. The number of carboxylic acid groups (broad SMARTS) is 1. The van der Waals surface area contributed by atoms with Gasteiger partial charge in [0.05, 0.1) is 16.1 Å². The van der Waals surface area contributed by atoms with E-state index in [9.17, 15) is 14.7 Å². The number of carbonyl (C=O) groups excluding carboxylic acids is 1. The summed E-state index contributed by atoms with van der Waals surface area (Å²) < 4.78 is 5.10. The molecule has 3 N–H and O–H groups in total. The van der Waals surface area contributed by atoms with Gasteiger partial charge in [-0.2, -0.15) is 0 Å². The number of nitrogens with two attached hydrogens (primary N) is 1. The highest BCUT2D eigenvalue weighted by Crippen LogP contribution is 2.33. The molecule has 116 valence electrons. The van der Waals surface area contributed by atoms with Gasteiger partial charge in [0.25, 0.3) is 0 Å². The second-order valence-electron chi connectivity index (χ2n) is 5.52. The first-order chi connectivity index (χ1) is 9.54. The quantitative estimate of drug-likeness (QED) is 0.652. The topological polar surface area (TPSA) is 89.6 Å². The first-order valence-corrected chi connectivity index (χ1v) is 6.95. The third-order valence-electron chi connectivity index (χ3n) is 2.63. The lowest BCUT2D eigenvalue weighted by Crippen LogP contribution is -2.39. The lowest BCUT2D eigenvalue weighted by molar-refractivity contribution is -0.167. The van der Waals surface area contributed by atoms with Crippen molar-refractivity contribution >= 4 is 35.1 Å². The molecule has 1 rings (SSSR count). The van der Waals surface area contributed by atoms with E-state index in [2.05, 4.69) is 0 Å². The van der Waals surface area contributed by atoms with Crippen LogP contribution in [0.1, 0.15) is 32.4 Å². The van der Waals surface area contributed by atoms with E-state index in [4.69, 9.17) is 33.7 Å². The smallest absolute Gasteiger partial charge is 0.322 e. The Kier molecular flexibility index (Phi) is 5.61. The van der Waals surface area contributed by atoms with Gasteiger partial charge in [0.1, 0.15) is 5.60 Å². The van der Waals surface area contributed by atoms with Gasteiger partial charge in [-0.3, -0.25) is 9.59 Å². The highest BCUT2D eigenvalue weighted by atomic mass is 35.5. The van der Waals surface area contributed by atoms with E-state index >= 15 is 0 Å². The van der Waals surface area contributed by atoms with E-state index in [1.165, 1.54) is 6.07 Å². The normalized spacial score (nSPS) is 14.4. The minimum absolute atomic E-state index is 0.126. The van der Waals surface area contributed by atoms with Gasteiger partial charge in [0.2, 0.25) is 0 Å². The average molecular weight is 334 g/mol. The number of hydrogen-bond acceptors (Lipinski definition) is 4. The fourth-order valence-electron chi connectivity index (χ4n) is 1.72. The maximum atomic E-state index is 12.1. The molecule has 7 heteroatoms. The van der Waals surface area contributed by atoms with E-state index in [-0.39, 0.29) is 15.6 Å². The van der Waals surface area contributed by atoms with Crippen LogP contribution >= 0.6 is 23.2 Å². The van der Waals surface area contributed by atoms with Gasteiger partial charge >= 0.3 is 11.9 Å². The number of esters is 1. The van der Waals surface area contributed by atoms with Gasteiger partial charge in [0, 0.05) is 0 Å². The number of carbonyl (C=O) groups is 2. The van der Waals surface area contributed by atoms with Gasteiger partial charge in [-0.05, 0) is 32.4 Å². The number of ether oxygens (including phenoxy) is 1. The van der Waals surface area contributed by atoms with Crippen molar-refractivity contribution in [3.63, 3.8) is 0 Å². The lowest BCUT2D eigenvalue weighted by Gasteiger charge is -2.25. The molecule has 2 unspecified atom stereocenters. The average Bonchev–Trinajstić information content (AvgIpc) is 2.29. The van der Waals surface area contributed by atoms with Gasteiger partial charge in [-0.1, -0.05) is 35.3 Å². The Bertz CT molecular complexity index is 554. The van der Waals surface area contributed by atoms with Crippen molar-refractivity contribution in [3.05, 3.63) is 33.8 Å². The van der Waals surface area contributed by atoms with Crippen molar-refractivity contribution in [2.24, 2.45) is 11.7 Å². The summed E-state index contributed by atoms with van der Waals surface area (Å²) in [6, 6.07) is 3.49. The van der Waals surface area contributed by atoms with Crippen LogP contribution in [-0.4, -0.2) is 22.6 Å². The molecule has 0 saturated carbocycles. The molecule has 21 heavy (non-hydrogen) atoms. The minimum atomic E-state index is -1.57. The molecular weight excluding hydrogens is 317 g/mol. The van der Waals surface area contributed by atoms with E-state index in [1.54, 1.807) is 32.9 Å². The molecule has 0 saturated heterocycles. The van der Waals surface area contributed by atoms with Crippen molar-refractivity contribution in [1.82, 2.24) is 0 Å². The van der Waals surface area contributed by atoms with Crippen LogP contribution in [0.2, 0.25) is 10.0 Å². The Morgan fingerprint density at radius 1 is 1.29 bits per heavy atom. The summed E-state index contributed by atoms with van der Waals surface area (Å²) in [5, 5.41) is 9.64. The summed E-state index contributed by atoms with van der Waals surface area (Å²) >= 11 is 11.9. The monoisotopic (exact) mass is 333 g/mol. The van der Waals surface area contributed by atoms with Crippen molar-refractivity contribution in [3.8, 4) is 0 Å². The second kappa shape index (κ2) is 6.64. The highest BCUT2D eigenvalue weighted by Gasteiger charge is 2.38. The summed E-state index contributed by atoms with van der Waals surface area (Å²) in [4.78, 5) is 23.4. The first kappa shape index (κ1) is 17.8. The van der Waals surface area contributed by atoms with Crippen LogP contribution < -0.4 is 5.73 Å². The maximum absolute atomic E-state index is 12.1. The fourth-order valence-corrected chi connectivity index (χ4v) is 2.16. The van der Waals surface area contributed by atoms with E-state index in [0.717, 1.165) is 0 Å². The van der Waals surface area contributed by atoms with Gasteiger partial charge < -0.3 is 15.6 Å². The van der Waals surface area contributed by atoms with Crippen molar-refractivity contribution in [2.75, 3.05) is 0 Å².